The third kappa shape index (κ3) is 3.91. The predicted octanol–water partition coefficient (Wildman–Crippen LogP) is 2.83. The van der Waals surface area contributed by atoms with Crippen molar-refractivity contribution in [1.82, 2.24) is 14.5 Å². The van der Waals surface area contributed by atoms with Crippen molar-refractivity contribution in [2.45, 2.75) is 19.8 Å². The lowest BCUT2D eigenvalue weighted by molar-refractivity contribution is -0.114. The lowest BCUT2D eigenvalue weighted by Crippen LogP contribution is -2.07. The predicted molar refractivity (Wildman–Crippen MR) is 90.1 cm³/mol. The van der Waals surface area contributed by atoms with Crippen LogP contribution in [0.2, 0.25) is 0 Å². The molecule has 118 valence electrons. The lowest BCUT2D eigenvalue weighted by atomic mass is 10.2. The molecule has 3 heterocycles. The summed E-state index contributed by atoms with van der Waals surface area (Å²) in [5.74, 6) is -0.188. The van der Waals surface area contributed by atoms with E-state index in [2.05, 4.69) is 15.3 Å². The number of hydrogen-bond donors (Lipinski definition) is 1. The van der Waals surface area contributed by atoms with Crippen LogP contribution in [0.3, 0.4) is 0 Å². The number of amides is 1. The van der Waals surface area contributed by atoms with E-state index in [1.807, 2.05) is 17.5 Å². The Balaban J connectivity index is 1.60. The maximum absolute atomic E-state index is 12.2. The van der Waals surface area contributed by atoms with Crippen LogP contribution in [-0.4, -0.2) is 26.3 Å². The Morgan fingerprint density at radius 2 is 2.17 bits per heavy atom. The van der Waals surface area contributed by atoms with Gasteiger partial charge in [-0.15, -0.1) is 22.7 Å². The minimum atomic E-state index is -0.119. The van der Waals surface area contributed by atoms with E-state index in [4.69, 9.17) is 0 Å². The van der Waals surface area contributed by atoms with Gasteiger partial charge in [0.15, 0.2) is 5.13 Å². The van der Waals surface area contributed by atoms with Gasteiger partial charge in [0.25, 0.3) is 5.91 Å². The number of rotatable bonds is 5. The molecule has 3 aromatic heterocycles. The largest absolute Gasteiger partial charge is 0.302 e. The van der Waals surface area contributed by atoms with Gasteiger partial charge in [-0.05, 0) is 25.0 Å². The van der Waals surface area contributed by atoms with Crippen molar-refractivity contribution in [3.05, 3.63) is 51.7 Å². The first-order valence-corrected chi connectivity index (χ1v) is 8.65. The number of carbonyl (C=O) groups is 2. The average Bonchev–Trinajstić information content (AvgIpc) is 3.25. The van der Waals surface area contributed by atoms with Crippen LogP contribution in [-0.2, 0) is 17.6 Å². The molecule has 6 nitrogen and oxygen atoms in total. The maximum atomic E-state index is 12.2. The third-order valence-electron chi connectivity index (χ3n) is 3.07. The van der Waals surface area contributed by atoms with Crippen LogP contribution in [0.4, 0.5) is 5.13 Å². The number of aromatic nitrogens is 3. The first kappa shape index (κ1) is 15.6. The topological polar surface area (TPSA) is 76.9 Å². The van der Waals surface area contributed by atoms with E-state index in [1.54, 1.807) is 12.4 Å². The second-order valence-electron chi connectivity index (χ2n) is 4.87. The summed E-state index contributed by atoms with van der Waals surface area (Å²) in [6.07, 6.45) is 6.31. The average molecular weight is 346 g/mol. The monoisotopic (exact) mass is 346 g/mol. The van der Waals surface area contributed by atoms with Gasteiger partial charge in [0.1, 0.15) is 6.33 Å². The molecule has 0 aliphatic carbocycles. The maximum Gasteiger partial charge on any atom is 0.273 e. The fraction of sp³-hybridized carbons (Fsp3) is 0.200. The number of imidazole rings is 1. The highest BCUT2D eigenvalue weighted by atomic mass is 32.1. The molecule has 1 N–H and O–H groups in total. The summed E-state index contributed by atoms with van der Waals surface area (Å²) in [5.41, 5.74) is 0.939. The van der Waals surface area contributed by atoms with Gasteiger partial charge in [0, 0.05) is 29.6 Å². The Kier molecular flexibility index (Phi) is 4.63. The molecule has 0 aliphatic heterocycles. The lowest BCUT2D eigenvalue weighted by Gasteiger charge is -1.97. The minimum Gasteiger partial charge on any atom is -0.302 e. The van der Waals surface area contributed by atoms with E-state index in [0.717, 1.165) is 23.4 Å². The van der Waals surface area contributed by atoms with Crippen molar-refractivity contribution in [2.75, 3.05) is 5.32 Å². The normalized spacial score (nSPS) is 10.7. The zero-order valence-corrected chi connectivity index (χ0v) is 14.0. The SMILES string of the molecule is CC(=O)Nc1nc(CCc2ccc(C(=O)n3ccnc3)s2)cs1. The van der Waals surface area contributed by atoms with Gasteiger partial charge in [0.2, 0.25) is 5.91 Å². The summed E-state index contributed by atoms with van der Waals surface area (Å²) in [4.78, 5) is 33.2. The summed E-state index contributed by atoms with van der Waals surface area (Å²) in [7, 11) is 0. The van der Waals surface area contributed by atoms with Crippen LogP contribution in [0.15, 0.2) is 36.2 Å². The Hall–Kier alpha value is -2.32. The number of anilines is 1. The van der Waals surface area contributed by atoms with Gasteiger partial charge < -0.3 is 5.32 Å². The highest BCUT2D eigenvalue weighted by Gasteiger charge is 2.11. The third-order valence-corrected chi connectivity index (χ3v) is 5.01. The second-order valence-corrected chi connectivity index (χ2v) is 6.89. The number of thiophene rings is 1. The Morgan fingerprint density at radius 3 is 2.91 bits per heavy atom. The smallest absolute Gasteiger partial charge is 0.273 e. The molecule has 0 atom stereocenters. The zero-order valence-electron chi connectivity index (χ0n) is 12.4. The van der Waals surface area contributed by atoms with Crippen molar-refractivity contribution in [3.8, 4) is 0 Å². The first-order chi connectivity index (χ1) is 11.1. The molecule has 23 heavy (non-hydrogen) atoms. The van der Waals surface area contributed by atoms with Crippen LogP contribution in [0.25, 0.3) is 0 Å². The molecule has 0 bridgehead atoms. The summed E-state index contributed by atoms with van der Waals surface area (Å²) in [5, 5.41) is 5.24. The van der Waals surface area contributed by atoms with Crippen LogP contribution >= 0.6 is 22.7 Å². The molecule has 0 saturated heterocycles. The zero-order chi connectivity index (χ0) is 16.2. The van der Waals surface area contributed by atoms with Crippen molar-refractivity contribution < 1.29 is 9.59 Å². The highest BCUT2D eigenvalue weighted by Crippen LogP contribution is 2.21. The summed E-state index contributed by atoms with van der Waals surface area (Å²) in [6, 6.07) is 3.81. The van der Waals surface area contributed by atoms with Crippen LogP contribution in [0, 0.1) is 0 Å². The van der Waals surface area contributed by atoms with Gasteiger partial charge in [-0.1, -0.05) is 0 Å². The highest BCUT2D eigenvalue weighted by molar-refractivity contribution is 7.14. The van der Waals surface area contributed by atoms with Gasteiger partial charge in [-0.3, -0.25) is 14.2 Å². The molecule has 0 aromatic carbocycles. The minimum absolute atomic E-state index is 0.0691. The van der Waals surface area contributed by atoms with Crippen molar-refractivity contribution >= 4 is 39.6 Å². The summed E-state index contributed by atoms with van der Waals surface area (Å²) < 4.78 is 1.47. The molecular weight excluding hydrogens is 332 g/mol. The second kappa shape index (κ2) is 6.84. The number of carbonyl (C=O) groups excluding carboxylic acids is 2. The fourth-order valence-electron chi connectivity index (χ4n) is 2.01. The van der Waals surface area contributed by atoms with E-state index in [0.29, 0.717) is 10.0 Å². The van der Waals surface area contributed by atoms with Crippen LogP contribution in [0.1, 0.15) is 27.2 Å². The van der Waals surface area contributed by atoms with Crippen LogP contribution < -0.4 is 5.32 Å². The first-order valence-electron chi connectivity index (χ1n) is 6.95. The molecule has 3 rings (SSSR count). The molecule has 8 heteroatoms. The van der Waals surface area contributed by atoms with E-state index in [9.17, 15) is 9.59 Å². The van der Waals surface area contributed by atoms with Crippen molar-refractivity contribution in [1.29, 1.82) is 0 Å². The van der Waals surface area contributed by atoms with Crippen molar-refractivity contribution in [2.24, 2.45) is 0 Å². The molecule has 0 saturated carbocycles. The summed E-state index contributed by atoms with van der Waals surface area (Å²) in [6.45, 7) is 1.46. The quantitative estimate of drug-likeness (QED) is 0.771. The molecular formula is C15H14N4O2S2. The number of nitrogens with zero attached hydrogens (tertiary/aromatic N) is 3. The number of thiazole rings is 1. The van der Waals surface area contributed by atoms with E-state index in [1.165, 1.54) is 40.5 Å². The molecule has 0 fully saturated rings. The Morgan fingerprint density at radius 1 is 1.30 bits per heavy atom. The van der Waals surface area contributed by atoms with Gasteiger partial charge in [0.05, 0.1) is 10.6 Å². The molecule has 1 amide bonds. The van der Waals surface area contributed by atoms with Gasteiger partial charge in [-0.25, -0.2) is 9.97 Å². The fourth-order valence-corrected chi connectivity index (χ4v) is 3.76. The van der Waals surface area contributed by atoms with E-state index >= 15 is 0 Å². The number of nitrogens with one attached hydrogen (secondary N) is 1. The van der Waals surface area contributed by atoms with E-state index in [-0.39, 0.29) is 11.8 Å². The summed E-state index contributed by atoms with van der Waals surface area (Å²) >= 11 is 2.90. The molecule has 0 spiro atoms. The number of hydrogen-bond acceptors (Lipinski definition) is 6. The van der Waals surface area contributed by atoms with Crippen LogP contribution in [0.5, 0.6) is 0 Å². The number of aryl methyl sites for hydroxylation is 2. The Bertz CT molecular complexity index is 820. The molecule has 0 unspecified atom stereocenters. The van der Waals surface area contributed by atoms with Crippen molar-refractivity contribution in [3.63, 3.8) is 0 Å². The van der Waals surface area contributed by atoms with Gasteiger partial charge >= 0.3 is 0 Å². The molecule has 0 radical (unpaired) electrons. The standard InChI is InChI=1S/C15H14N4O2S2/c1-10(20)17-15-18-11(8-22-15)2-3-12-4-5-13(23-12)14(21)19-7-6-16-9-19/h4-9H,2-3H2,1H3,(H,17,18,20). The molecule has 0 aliphatic rings. The van der Waals surface area contributed by atoms with E-state index < -0.39 is 0 Å². The van der Waals surface area contributed by atoms with Gasteiger partial charge in [-0.2, -0.15) is 0 Å². The Labute approximate surface area is 140 Å². The molecule has 3 aromatic rings.